The third-order valence-electron chi connectivity index (χ3n) is 10.0. The molecule has 0 aromatic carbocycles. The third kappa shape index (κ3) is 6.25. The standard InChI is InChI=1S/2C15H19N2.2ClH.Zr/c2*1-2-4-16-14(3-1)17-15-8-11-5-12(9-15)7-13(6-11)10-15;;;/h2*1-4,11-13H,5-10H2;2*1H;/q2*-1;;;+4/p-2. The van der Waals surface area contributed by atoms with E-state index in [4.69, 9.17) is 27.7 Å². The van der Waals surface area contributed by atoms with E-state index in [-0.39, 0.29) is 11.1 Å². The van der Waals surface area contributed by atoms with E-state index in [1.807, 2.05) is 36.7 Å². The minimum Gasteiger partial charge on any atom is -0.459 e. The van der Waals surface area contributed by atoms with Gasteiger partial charge in [0.1, 0.15) is 0 Å². The maximum atomic E-state index is 5.04. The van der Waals surface area contributed by atoms with Crippen LogP contribution in [0.3, 0.4) is 0 Å². The zero-order valence-corrected chi connectivity index (χ0v) is 25.6. The molecule has 8 saturated carbocycles. The van der Waals surface area contributed by atoms with Crippen LogP contribution in [0.1, 0.15) is 77.0 Å². The van der Waals surface area contributed by atoms with Crippen LogP contribution in [0.2, 0.25) is 0 Å². The Hall–Kier alpha value is -0.637. The van der Waals surface area contributed by atoms with Gasteiger partial charge in [-0.1, -0.05) is 60.4 Å². The molecule has 2 heterocycles. The molecule has 0 N–H and O–H groups in total. The van der Waals surface area contributed by atoms with Gasteiger partial charge in [0.25, 0.3) is 0 Å². The molecule has 0 amide bonds. The molecule has 4 nitrogen and oxygen atoms in total. The largest absolute Gasteiger partial charge is 0.459 e. The maximum Gasteiger partial charge on any atom is -0.0261 e. The minimum atomic E-state index is -0.826. The molecule has 0 spiro atoms. The summed E-state index contributed by atoms with van der Waals surface area (Å²) in [6, 6.07) is 12.1. The zero-order valence-electron chi connectivity index (χ0n) is 21.6. The molecule has 196 valence electrons. The van der Waals surface area contributed by atoms with Gasteiger partial charge in [0.2, 0.25) is 0 Å². The number of pyridine rings is 2. The van der Waals surface area contributed by atoms with Gasteiger partial charge in [-0.15, -0.1) is 0 Å². The first-order valence-electron chi connectivity index (χ1n) is 14.3. The van der Waals surface area contributed by atoms with E-state index in [9.17, 15) is 0 Å². The maximum absolute atomic E-state index is 5.04. The van der Waals surface area contributed by atoms with Crippen LogP contribution < -0.4 is 0 Å². The summed E-state index contributed by atoms with van der Waals surface area (Å²) in [5, 5.41) is 10.1. The fourth-order valence-corrected chi connectivity index (χ4v) is 9.73. The molecule has 0 unspecified atom stereocenters. The first-order valence-corrected chi connectivity index (χ1v) is 20.6. The summed E-state index contributed by atoms with van der Waals surface area (Å²) in [5.74, 6) is 7.70. The Morgan fingerprint density at radius 3 is 1.11 bits per heavy atom. The van der Waals surface area contributed by atoms with Gasteiger partial charge in [-0.2, -0.15) is 0 Å². The summed E-state index contributed by atoms with van der Waals surface area (Å²) >= 11 is -0.826. The second-order valence-electron chi connectivity index (χ2n) is 13.0. The van der Waals surface area contributed by atoms with Gasteiger partial charge in [-0.3, -0.25) is 0 Å². The fraction of sp³-hybridized carbons (Fsp3) is 0.667. The van der Waals surface area contributed by atoms with E-state index >= 15 is 0 Å². The fourth-order valence-electron chi connectivity index (χ4n) is 9.73. The smallest absolute Gasteiger partial charge is 0.0261 e. The van der Waals surface area contributed by atoms with Gasteiger partial charge in [0.15, 0.2) is 0 Å². The van der Waals surface area contributed by atoms with Gasteiger partial charge in [-0.25, -0.2) is 0 Å². The van der Waals surface area contributed by atoms with Gasteiger partial charge < -0.3 is 20.6 Å². The quantitative estimate of drug-likeness (QED) is 0.344. The van der Waals surface area contributed by atoms with E-state index < -0.39 is 20.8 Å². The van der Waals surface area contributed by atoms with Crippen molar-refractivity contribution < 1.29 is 20.8 Å². The molecule has 0 aliphatic heterocycles. The van der Waals surface area contributed by atoms with E-state index in [1.54, 1.807) is 0 Å². The SMILES string of the molecule is [Cl][Zr+2][Cl].c1ccc([N-]C23CC4CC(CC(C4)C2)C3)nc1.c1ccc([N-]C23CC4CC(CC(C4)C2)C3)nc1. The van der Waals surface area contributed by atoms with Gasteiger partial charge in [0.05, 0.1) is 0 Å². The van der Waals surface area contributed by atoms with Crippen LogP contribution in [0.5, 0.6) is 0 Å². The molecular formula is C30H38Cl2N4Zr. The summed E-state index contributed by atoms with van der Waals surface area (Å²) in [6.07, 6.45) is 20.6. The number of halogens is 2. The van der Waals surface area contributed by atoms with Crippen molar-refractivity contribution in [1.29, 1.82) is 0 Å². The molecule has 2 aromatic heterocycles. The number of hydrogen-bond acceptors (Lipinski definition) is 2. The second-order valence-corrected chi connectivity index (χ2v) is 16.7. The molecule has 37 heavy (non-hydrogen) atoms. The van der Waals surface area contributed by atoms with E-state index in [0.717, 1.165) is 47.1 Å². The second kappa shape index (κ2) is 11.5. The van der Waals surface area contributed by atoms with E-state index in [0.29, 0.717) is 0 Å². The van der Waals surface area contributed by atoms with Crippen LogP contribution in [0, 0.1) is 35.5 Å². The van der Waals surface area contributed by atoms with E-state index in [2.05, 4.69) is 22.1 Å². The molecular weight excluding hydrogens is 578 g/mol. The van der Waals surface area contributed by atoms with Crippen molar-refractivity contribution in [3.63, 3.8) is 0 Å². The molecule has 0 radical (unpaired) electrons. The first-order chi connectivity index (χ1) is 18.0. The van der Waals surface area contributed by atoms with Crippen molar-refractivity contribution in [3.8, 4) is 0 Å². The van der Waals surface area contributed by atoms with Crippen LogP contribution in [-0.2, 0) is 20.8 Å². The third-order valence-corrected chi connectivity index (χ3v) is 10.0. The number of rotatable bonds is 4. The Labute approximate surface area is 241 Å². The number of hydrogen-bond donors (Lipinski definition) is 0. The molecule has 10 rings (SSSR count). The predicted molar refractivity (Wildman–Crippen MR) is 148 cm³/mol. The van der Waals surface area contributed by atoms with Crippen molar-refractivity contribution >= 4 is 28.7 Å². The van der Waals surface area contributed by atoms with Crippen LogP contribution in [0.15, 0.2) is 48.8 Å². The van der Waals surface area contributed by atoms with Crippen LogP contribution in [0.25, 0.3) is 10.6 Å². The molecule has 8 aliphatic rings. The van der Waals surface area contributed by atoms with Crippen molar-refractivity contribution in [2.24, 2.45) is 35.5 Å². The van der Waals surface area contributed by atoms with Crippen LogP contribution in [-0.4, -0.2) is 21.0 Å². The topological polar surface area (TPSA) is 54.0 Å². The Morgan fingerprint density at radius 2 is 0.865 bits per heavy atom. The average molecular weight is 617 g/mol. The minimum absolute atomic E-state index is 0.267. The van der Waals surface area contributed by atoms with Crippen LogP contribution in [0.4, 0.5) is 11.6 Å². The Morgan fingerprint density at radius 1 is 0.568 bits per heavy atom. The van der Waals surface area contributed by atoms with Crippen molar-refractivity contribution in [1.82, 2.24) is 9.97 Å². The molecule has 2 aromatic rings. The molecule has 7 heteroatoms. The average Bonchev–Trinajstić information content (AvgIpc) is 2.84. The summed E-state index contributed by atoms with van der Waals surface area (Å²) in [6.45, 7) is 0. The van der Waals surface area contributed by atoms with Gasteiger partial charge in [0, 0.05) is 0 Å². The van der Waals surface area contributed by atoms with Crippen molar-refractivity contribution in [2.45, 2.75) is 88.1 Å². The Bertz CT molecular complexity index is 869. The summed E-state index contributed by atoms with van der Waals surface area (Å²) in [7, 11) is 9.87. The Balaban J connectivity index is 0.000000124. The Kier molecular flexibility index (Phi) is 8.23. The van der Waals surface area contributed by atoms with Gasteiger partial charge in [-0.05, 0) is 124 Å². The van der Waals surface area contributed by atoms with Crippen molar-refractivity contribution in [3.05, 3.63) is 59.4 Å². The number of aromatic nitrogens is 2. The molecule has 0 atom stereocenters. The first kappa shape index (κ1) is 26.6. The number of nitrogens with zero attached hydrogens (tertiary/aromatic N) is 4. The summed E-state index contributed by atoms with van der Waals surface area (Å²) < 4.78 is 0. The summed E-state index contributed by atoms with van der Waals surface area (Å²) in [4.78, 5) is 8.78. The van der Waals surface area contributed by atoms with Crippen LogP contribution >= 0.6 is 17.0 Å². The monoisotopic (exact) mass is 614 g/mol. The molecule has 0 saturated heterocycles. The zero-order chi connectivity index (χ0) is 25.3. The van der Waals surface area contributed by atoms with Crippen molar-refractivity contribution in [2.75, 3.05) is 0 Å². The molecule has 8 fully saturated rings. The molecule has 8 bridgehead atoms. The van der Waals surface area contributed by atoms with E-state index in [1.165, 1.54) is 77.0 Å². The normalized spacial score (nSPS) is 39.5. The summed E-state index contributed by atoms with van der Waals surface area (Å²) in [5.41, 5.74) is 0.534. The predicted octanol–water partition coefficient (Wildman–Crippen LogP) is 9.49. The molecule has 8 aliphatic carbocycles. The van der Waals surface area contributed by atoms with Gasteiger partial charge >= 0.3 is 37.9 Å².